The highest BCUT2D eigenvalue weighted by atomic mass is 79.9. The summed E-state index contributed by atoms with van der Waals surface area (Å²) in [6.07, 6.45) is 7.85. The molecule has 0 aromatic heterocycles. The van der Waals surface area contributed by atoms with Gasteiger partial charge in [0.05, 0.1) is 13.2 Å². The second-order valence-electron chi connectivity index (χ2n) is 4.96. The van der Waals surface area contributed by atoms with Crippen molar-refractivity contribution in [3.8, 4) is 5.75 Å². The van der Waals surface area contributed by atoms with Crippen LogP contribution in [0.15, 0.2) is 22.7 Å². The lowest BCUT2D eigenvalue weighted by atomic mass is 10.0. The van der Waals surface area contributed by atoms with Crippen LogP contribution < -0.4 is 4.74 Å². The molecule has 0 fully saturated rings. The molecule has 0 amide bonds. The van der Waals surface area contributed by atoms with Gasteiger partial charge in [0.2, 0.25) is 0 Å². The first-order chi connectivity index (χ1) is 9.19. The van der Waals surface area contributed by atoms with E-state index in [1.807, 2.05) is 18.2 Å². The molecule has 0 bridgehead atoms. The number of hydrogen-bond acceptors (Lipinski definition) is 2. The molecular weight excluding hydrogens is 304 g/mol. The van der Waals surface area contributed by atoms with E-state index in [-0.39, 0.29) is 0 Å². The van der Waals surface area contributed by atoms with Gasteiger partial charge in [-0.15, -0.1) is 0 Å². The maximum atomic E-state index is 10.2. The van der Waals surface area contributed by atoms with Crippen LogP contribution >= 0.6 is 15.9 Å². The molecule has 0 spiro atoms. The van der Waals surface area contributed by atoms with E-state index in [4.69, 9.17) is 4.74 Å². The van der Waals surface area contributed by atoms with Gasteiger partial charge in [0, 0.05) is 10.0 Å². The zero-order valence-electron chi connectivity index (χ0n) is 12.0. The van der Waals surface area contributed by atoms with Crippen LogP contribution in [0.5, 0.6) is 5.75 Å². The van der Waals surface area contributed by atoms with Crippen LogP contribution in [0.4, 0.5) is 0 Å². The van der Waals surface area contributed by atoms with Gasteiger partial charge in [-0.05, 0) is 18.6 Å². The minimum Gasteiger partial charge on any atom is -0.496 e. The molecule has 0 aliphatic carbocycles. The van der Waals surface area contributed by atoms with Crippen LogP contribution in [0, 0.1) is 0 Å². The summed E-state index contributed by atoms with van der Waals surface area (Å²) in [5.74, 6) is 0.757. The van der Waals surface area contributed by atoms with E-state index in [1.54, 1.807) is 7.11 Å². The number of halogens is 1. The highest BCUT2D eigenvalue weighted by Crippen LogP contribution is 2.31. The molecule has 0 heterocycles. The number of unbranched alkanes of at least 4 members (excludes halogenated alkanes) is 5. The van der Waals surface area contributed by atoms with E-state index >= 15 is 0 Å². The molecule has 1 aromatic carbocycles. The molecule has 0 radical (unpaired) electrons. The van der Waals surface area contributed by atoms with Gasteiger partial charge in [-0.1, -0.05) is 67.4 Å². The van der Waals surface area contributed by atoms with Gasteiger partial charge in [-0.3, -0.25) is 0 Å². The smallest absolute Gasteiger partial charge is 0.125 e. The van der Waals surface area contributed by atoms with Crippen molar-refractivity contribution in [2.45, 2.75) is 58.0 Å². The van der Waals surface area contributed by atoms with Gasteiger partial charge in [0.15, 0.2) is 0 Å². The van der Waals surface area contributed by atoms with Crippen LogP contribution in [0.2, 0.25) is 0 Å². The highest BCUT2D eigenvalue weighted by molar-refractivity contribution is 9.10. The van der Waals surface area contributed by atoms with Crippen molar-refractivity contribution in [3.05, 3.63) is 28.2 Å². The number of ether oxygens (including phenoxy) is 1. The standard InChI is InChI=1S/C16H25BrO2/c1-3-4-5-6-7-8-9-15(18)14-11-10-13(17)12-16(14)19-2/h10-12,15,18H,3-9H2,1-2H3. The molecule has 1 rings (SSSR count). The van der Waals surface area contributed by atoms with Crippen molar-refractivity contribution in [1.29, 1.82) is 0 Å². The maximum Gasteiger partial charge on any atom is 0.125 e. The topological polar surface area (TPSA) is 29.5 Å². The minimum absolute atomic E-state index is 0.422. The van der Waals surface area contributed by atoms with Gasteiger partial charge in [-0.25, -0.2) is 0 Å². The second kappa shape index (κ2) is 9.38. The summed E-state index contributed by atoms with van der Waals surface area (Å²) in [6.45, 7) is 2.23. The number of rotatable bonds is 9. The Balaban J connectivity index is 2.38. The fraction of sp³-hybridized carbons (Fsp3) is 0.625. The monoisotopic (exact) mass is 328 g/mol. The summed E-state index contributed by atoms with van der Waals surface area (Å²) >= 11 is 3.41. The zero-order chi connectivity index (χ0) is 14.1. The Morgan fingerprint density at radius 1 is 1.16 bits per heavy atom. The maximum absolute atomic E-state index is 10.2. The quantitative estimate of drug-likeness (QED) is 0.628. The number of benzene rings is 1. The molecule has 1 unspecified atom stereocenters. The molecule has 0 aliphatic heterocycles. The fourth-order valence-corrected chi connectivity index (χ4v) is 2.57. The minimum atomic E-state index is -0.422. The highest BCUT2D eigenvalue weighted by Gasteiger charge is 2.13. The van der Waals surface area contributed by atoms with E-state index in [0.29, 0.717) is 0 Å². The summed E-state index contributed by atoms with van der Waals surface area (Å²) in [5, 5.41) is 10.2. The molecule has 19 heavy (non-hydrogen) atoms. The number of aliphatic hydroxyl groups excluding tert-OH is 1. The van der Waals surface area contributed by atoms with E-state index in [1.165, 1.54) is 32.1 Å². The van der Waals surface area contributed by atoms with Gasteiger partial charge in [0.1, 0.15) is 5.75 Å². The van der Waals surface area contributed by atoms with Crippen molar-refractivity contribution in [2.75, 3.05) is 7.11 Å². The summed E-state index contributed by atoms with van der Waals surface area (Å²) in [7, 11) is 1.64. The summed E-state index contributed by atoms with van der Waals surface area (Å²) < 4.78 is 6.29. The number of methoxy groups -OCH3 is 1. The zero-order valence-corrected chi connectivity index (χ0v) is 13.6. The predicted molar refractivity (Wildman–Crippen MR) is 83.6 cm³/mol. The molecule has 0 saturated carbocycles. The van der Waals surface area contributed by atoms with E-state index < -0.39 is 6.10 Å². The fourth-order valence-electron chi connectivity index (χ4n) is 2.23. The molecule has 1 N–H and O–H groups in total. The Morgan fingerprint density at radius 3 is 2.53 bits per heavy atom. The van der Waals surface area contributed by atoms with Gasteiger partial charge < -0.3 is 9.84 Å². The third kappa shape index (κ3) is 5.96. The summed E-state index contributed by atoms with van der Waals surface area (Å²) in [4.78, 5) is 0. The summed E-state index contributed by atoms with van der Waals surface area (Å²) in [5.41, 5.74) is 0.888. The van der Waals surface area contributed by atoms with Crippen LogP contribution in [0.25, 0.3) is 0 Å². The normalized spacial score (nSPS) is 12.4. The van der Waals surface area contributed by atoms with Crippen molar-refractivity contribution >= 4 is 15.9 Å². The van der Waals surface area contributed by atoms with Crippen LogP contribution in [0.3, 0.4) is 0 Å². The van der Waals surface area contributed by atoms with Crippen molar-refractivity contribution in [2.24, 2.45) is 0 Å². The van der Waals surface area contributed by atoms with Crippen LogP contribution in [-0.4, -0.2) is 12.2 Å². The van der Waals surface area contributed by atoms with Crippen molar-refractivity contribution in [3.63, 3.8) is 0 Å². The lowest BCUT2D eigenvalue weighted by Crippen LogP contribution is -2.00. The Labute approximate surface area is 125 Å². The number of aliphatic hydroxyl groups is 1. The predicted octanol–water partition coefficient (Wildman–Crippen LogP) is 5.24. The first-order valence-corrected chi connectivity index (χ1v) is 7.99. The molecule has 1 aromatic rings. The SMILES string of the molecule is CCCCCCCCC(O)c1ccc(Br)cc1OC. The van der Waals surface area contributed by atoms with E-state index in [0.717, 1.165) is 28.6 Å². The second-order valence-corrected chi connectivity index (χ2v) is 5.87. The van der Waals surface area contributed by atoms with Gasteiger partial charge in [-0.2, -0.15) is 0 Å². The molecule has 0 saturated heterocycles. The molecule has 0 aliphatic rings. The molecule has 2 nitrogen and oxygen atoms in total. The Bertz CT molecular complexity index is 366. The average Bonchev–Trinajstić information content (AvgIpc) is 2.42. The molecule has 108 valence electrons. The number of hydrogen-bond donors (Lipinski definition) is 1. The third-order valence-electron chi connectivity index (χ3n) is 3.39. The Morgan fingerprint density at radius 2 is 1.84 bits per heavy atom. The first kappa shape index (κ1) is 16.5. The molecule has 3 heteroatoms. The van der Waals surface area contributed by atoms with E-state index in [9.17, 15) is 5.11 Å². The van der Waals surface area contributed by atoms with Gasteiger partial charge in [0.25, 0.3) is 0 Å². The molecular formula is C16H25BrO2. The third-order valence-corrected chi connectivity index (χ3v) is 3.88. The lowest BCUT2D eigenvalue weighted by molar-refractivity contribution is 0.159. The molecule has 1 atom stereocenters. The average molecular weight is 329 g/mol. The lowest BCUT2D eigenvalue weighted by Gasteiger charge is -2.15. The van der Waals surface area contributed by atoms with Crippen LogP contribution in [0.1, 0.15) is 63.5 Å². The Hall–Kier alpha value is -0.540. The van der Waals surface area contributed by atoms with Gasteiger partial charge >= 0.3 is 0 Å². The summed E-state index contributed by atoms with van der Waals surface area (Å²) in [6, 6.07) is 5.78. The Kier molecular flexibility index (Phi) is 8.15. The van der Waals surface area contributed by atoms with Crippen LogP contribution in [-0.2, 0) is 0 Å². The van der Waals surface area contributed by atoms with E-state index in [2.05, 4.69) is 22.9 Å². The largest absolute Gasteiger partial charge is 0.496 e. The van der Waals surface area contributed by atoms with Crippen molar-refractivity contribution < 1.29 is 9.84 Å². The van der Waals surface area contributed by atoms with Crippen molar-refractivity contribution in [1.82, 2.24) is 0 Å². The first-order valence-electron chi connectivity index (χ1n) is 7.20.